The van der Waals surface area contributed by atoms with Gasteiger partial charge in [0.25, 0.3) is 0 Å². The molecule has 7 nitrogen and oxygen atoms in total. The monoisotopic (exact) mass is 330 g/mol. The van der Waals surface area contributed by atoms with E-state index in [0.29, 0.717) is 0 Å². The zero-order valence-electron chi connectivity index (χ0n) is 13.5. The Labute approximate surface area is 138 Å². The van der Waals surface area contributed by atoms with Crippen LogP contribution in [0.3, 0.4) is 0 Å². The van der Waals surface area contributed by atoms with Gasteiger partial charge in [-0.3, -0.25) is 4.57 Å². The van der Waals surface area contributed by atoms with Crippen molar-refractivity contribution in [3.8, 4) is 11.4 Å². The zero-order valence-corrected chi connectivity index (χ0v) is 14.3. The highest BCUT2D eigenvalue weighted by Crippen LogP contribution is 2.34. The molecule has 3 aromatic rings. The Hall–Kier alpha value is -2.35. The van der Waals surface area contributed by atoms with Crippen LogP contribution in [0.15, 0.2) is 35.7 Å². The lowest BCUT2D eigenvalue weighted by Crippen LogP contribution is -2.04. The van der Waals surface area contributed by atoms with E-state index in [4.69, 9.17) is 4.74 Å². The Morgan fingerprint density at radius 1 is 1.30 bits per heavy atom. The molecule has 0 aliphatic heterocycles. The highest BCUT2D eigenvalue weighted by atomic mass is 32.2. The summed E-state index contributed by atoms with van der Waals surface area (Å²) in [6.45, 7) is 4.12. The number of hydrogen-bond acceptors (Lipinski definition) is 6. The maximum absolute atomic E-state index is 5.27. The smallest absolute Gasteiger partial charge is 0.173 e. The van der Waals surface area contributed by atoms with Gasteiger partial charge >= 0.3 is 0 Å². The molecule has 1 atom stereocenters. The number of hydrogen-bond donors (Lipinski definition) is 0. The molecule has 0 spiro atoms. The summed E-state index contributed by atoms with van der Waals surface area (Å²) in [6.07, 6.45) is 3.76. The van der Waals surface area contributed by atoms with Crippen LogP contribution in [0.1, 0.15) is 23.6 Å². The van der Waals surface area contributed by atoms with Crippen molar-refractivity contribution < 1.29 is 4.74 Å². The minimum atomic E-state index is 0.0923. The number of ether oxygens (including phenoxy) is 1. The molecule has 1 aromatic carbocycles. The average molecular weight is 330 g/mol. The third-order valence-corrected chi connectivity index (χ3v) is 4.65. The van der Waals surface area contributed by atoms with Crippen molar-refractivity contribution in [3.63, 3.8) is 0 Å². The lowest BCUT2D eigenvalue weighted by molar-refractivity contribution is 0.414. The van der Waals surface area contributed by atoms with Gasteiger partial charge in [-0.1, -0.05) is 11.8 Å². The van der Waals surface area contributed by atoms with E-state index in [0.717, 1.165) is 28.0 Å². The van der Waals surface area contributed by atoms with Crippen molar-refractivity contribution in [2.24, 2.45) is 7.05 Å². The molecule has 23 heavy (non-hydrogen) atoms. The van der Waals surface area contributed by atoms with Crippen molar-refractivity contribution in [3.05, 3.63) is 42.0 Å². The summed E-state index contributed by atoms with van der Waals surface area (Å²) in [6, 6.07) is 6.00. The van der Waals surface area contributed by atoms with Gasteiger partial charge in [-0.05, 0) is 48.0 Å². The second-order valence-corrected chi connectivity index (χ2v) is 6.46. The quantitative estimate of drug-likeness (QED) is 0.670. The second-order valence-electron chi connectivity index (χ2n) is 5.15. The van der Waals surface area contributed by atoms with E-state index < -0.39 is 0 Å². The number of imidazole rings is 1. The molecule has 2 aromatic heterocycles. The standard InChI is InChI=1S/C15H18N6OS/c1-10-9-12(22-4)5-6-13(10)21-8-7-16-15(21)23-11(2)14-17-18-19-20(14)3/h5-9,11H,1-4H3/t11-/m1/s1. The number of benzene rings is 1. The molecule has 0 N–H and O–H groups in total. The minimum absolute atomic E-state index is 0.0923. The van der Waals surface area contributed by atoms with Crippen molar-refractivity contribution in [1.82, 2.24) is 29.8 Å². The van der Waals surface area contributed by atoms with Crippen molar-refractivity contribution >= 4 is 11.8 Å². The van der Waals surface area contributed by atoms with E-state index >= 15 is 0 Å². The van der Waals surface area contributed by atoms with Crippen LogP contribution in [0.2, 0.25) is 0 Å². The fraction of sp³-hybridized carbons (Fsp3) is 0.333. The molecule has 0 unspecified atom stereocenters. The molecule has 0 bridgehead atoms. The van der Waals surface area contributed by atoms with Crippen molar-refractivity contribution in [2.75, 3.05) is 7.11 Å². The fourth-order valence-corrected chi connectivity index (χ4v) is 3.39. The molecule has 0 amide bonds. The minimum Gasteiger partial charge on any atom is -0.497 e. The zero-order chi connectivity index (χ0) is 16.4. The lowest BCUT2D eigenvalue weighted by atomic mass is 10.2. The van der Waals surface area contributed by atoms with Crippen LogP contribution in [0.5, 0.6) is 5.75 Å². The molecular formula is C15H18N6OS. The van der Waals surface area contributed by atoms with Gasteiger partial charge in [-0.2, -0.15) is 0 Å². The molecule has 0 aliphatic rings. The predicted molar refractivity (Wildman–Crippen MR) is 87.9 cm³/mol. The van der Waals surface area contributed by atoms with Gasteiger partial charge in [0, 0.05) is 19.4 Å². The van der Waals surface area contributed by atoms with Gasteiger partial charge in [-0.15, -0.1) is 5.10 Å². The van der Waals surface area contributed by atoms with E-state index in [9.17, 15) is 0 Å². The molecule has 3 rings (SSSR count). The number of nitrogens with zero attached hydrogens (tertiary/aromatic N) is 6. The first-order valence-electron chi connectivity index (χ1n) is 7.17. The van der Waals surface area contributed by atoms with Gasteiger partial charge in [0.2, 0.25) is 0 Å². The van der Waals surface area contributed by atoms with Gasteiger partial charge < -0.3 is 4.74 Å². The summed E-state index contributed by atoms with van der Waals surface area (Å²) >= 11 is 1.62. The summed E-state index contributed by atoms with van der Waals surface area (Å²) < 4.78 is 9.02. The molecule has 0 fully saturated rings. The molecule has 2 heterocycles. The number of thioether (sulfide) groups is 1. The number of aromatic nitrogens is 6. The van der Waals surface area contributed by atoms with Crippen LogP contribution >= 0.6 is 11.8 Å². The maximum atomic E-state index is 5.27. The van der Waals surface area contributed by atoms with Gasteiger partial charge in [0.15, 0.2) is 11.0 Å². The Bertz CT molecular complexity index is 812. The molecule has 0 saturated heterocycles. The van der Waals surface area contributed by atoms with E-state index in [2.05, 4.69) is 38.9 Å². The normalized spacial score (nSPS) is 12.3. The first-order chi connectivity index (χ1) is 11.1. The Kier molecular flexibility index (Phi) is 4.33. The van der Waals surface area contributed by atoms with E-state index in [1.165, 1.54) is 0 Å². The third-order valence-electron chi connectivity index (χ3n) is 3.57. The highest BCUT2D eigenvalue weighted by Gasteiger charge is 2.18. The molecule has 0 radical (unpaired) electrons. The van der Waals surface area contributed by atoms with Crippen LogP contribution in [0.25, 0.3) is 5.69 Å². The van der Waals surface area contributed by atoms with Crippen LogP contribution in [0.4, 0.5) is 0 Å². The summed E-state index contributed by atoms with van der Waals surface area (Å²) in [5.74, 6) is 1.66. The molecule has 0 saturated carbocycles. The van der Waals surface area contributed by atoms with Crippen LogP contribution in [-0.2, 0) is 7.05 Å². The SMILES string of the molecule is COc1ccc(-n2ccnc2S[C@H](C)c2nnnn2C)c(C)c1. The fourth-order valence-electron chi connectivity index (χ4n) is 2.38. The van der Waals surface area contributed by atoms with Crippen LogP contribution < -0.4 is 4.74 Å². The summed E-state index contributed by atoms with van der Waals surface area (Å²) in [5, 5.41) is 12.6. The highest BCUT2D eigenvalue weighted by molar-refractivity contribution is 7.99. The maximum Gasteiger partial charge on any atom is 0.173 e. The van der Waals surface area contributed by atoms with Gasteiger partial charge in [-0.25, -0.2) is 9.67 Å². The van der Waals surface area contributed by atoms with Gasteiger partial charge in [0.1, 0.15) is 5.75 Å². The van der Waals surface area contributed by atoms with E-state index in [1.807, 2.05) is 31.4 Å². The predicted octanol–water partition coefficient (Wildman–Crippen LogP) is 2.57. The largest absolute Gasteiger partial charge is 0.497 e. The molecular weight excluding hydrogens is 312 g/mol. The Balaban J connectivity index is 1.89. The average Bonchev–Trinajstić information content (AvgIpc) is 3.16. The number of methoxy groups -OCH3 is 1. The summed E-state index contributed by atoms with van der Waals surface area (Å²) in [4.78, 5) is 4.47. The van der Waals surface area contributed by atoms with Crippen LogP contribution in [-0.4, -0.2) is 36.9 Å². The first kappa shape index (κ1) is 15.5. The lowest BCUT2D eigenvalue weighted by Gasteiger charge is -2.14. The van der Waals surface area contributed by atoms with Crippen LogP contribution in [0, 0.1) is 6.92 Å². The molecule has 0 aliphatic carbocycles. The number of tetrazole rings is 1. The number of aryl methyl sites for hydroxylation is 2. The second kappa shape index (κ2) is 6.41. The van der Waals surface area contributed by atoms with E-state index in [1.54, 1.807) is 29.8 Å². The summed E-state index contributed by atoms with van der Waals surface area (Å²) in [7, 11) is 3.51. The third kappa shape index (κ3) is 3.07. The van der Waals surface area contributed by atoms with Crippen molar-refractivity contribution in [1.29, 1.82) is 0 Å². The van der Waals surface area contributed by atoms with E-state index in [-0.39, 0.29) is 5.25 Å². The van der Waals surface area contributed by atoms with Gasteiger partial charge in [0.05, 0.1) is 18.0 Å². The first-order valence-corrected chi connectivity index (χ1v) is 8.05. The molecule has 8 heteroatoms. The number of rotatable bonds is 5. The topological polar surface area (TPSA) is 70.7 Å². The Morgan fingerprint density at radius 2 is 2.13 bits per heavy atom. The summed E-state index contributed by atoms with van der Waals surface area (Å²) in [5.41, 5.74) is 2.20. The van der Waals surface area contributed by atoms with Crippen molar-refractivity contribution in [2.45, 2.75) is 24.3 Å². The molecule has 120 valence electrons. The Morgan fingerprint density at radius 3 is 2.78 bits per heavy atom.